The molecule has 1 aromatic carbocycles. The molecule has 26 heavy (non-hydrogen) atoms. The van der Waals surface area contributed by atoms with Crippen molar-refractivity contribution in [3.05, 3.63) is 53.6 Å². The number of aromatic nitrogens is 2. The van der Waals surface area contributed by atoms with E-state index in [1.165, 1.54) is 38.1 Å². The summed E-state index contributed by atoms with van der Waals surface area (Å²) in [5.41, 5.74) is -1.11. The van der Waals surface area contributed by atoms with E-state index in [9.17, 15) is 26.4 Å². The highest BCUT2D eigenvalue weighted by atomic mass is 32.2. The normalized spacial score (nSPS) is 12.9. The lowest BCUT2D eigenvalue weighted by atomic mass is 10.2. The van der Waals surface area contributed by atoms with E-state index in [4.69, 9.17) is 0 Å². The lowest BCUT2D eigenvalue weighted by molar-refractivity contribution is -0.0927. The van der Waals surface area contributed by atoms with Crippen molar-refractivity contribution in [1.82, 2.24) is 14.3 Å². The number of carbonyl (C=O) groups is 1. The fourth-order valence-corrected chi connectivity index (χ4v) is 3.07. The van der Waals surface area contributed by atoms with Crippen LogP contribution in [0.5, 0.6) is 0 Å². The first-order valence-corrected chi connectivity index (χ1v) is 8.98. The van der Waals surface area contributed by atoms with Crippen molar-refractivity contribution >= 4 is 22.1 Å². The zero-order valence-corrected chi connectivity index (χ0v) is 14.7. The minimum Gasteiger partial charge on any atom is -0.310 e. The van der Waals surface area contributed by atoms with E-state index in [-0.39, 0.29) is 22.8 Å². The van der Waals surface area contributed by atoms with Crippen LogP contribution in [-0.2, 0) is 10.0 Å². The molecule has 140 valence electrons. The van der Waals surface area contributed by atoms with Crippen molar-refractivity contribution in [2.75, 3.05) is 0 Å². The Balaban J connectivity index is 2.28. The third-order valence-corrected chi connectivity index (χ3v) is 4.82. The van der Waals surface area contributed by atoms with Gasteiger partial charge in [-0.3, -0.25) is 4.79 Å². The number of amides is 1. The van der Waals surface area contributed by atoms with Crippen LogP contribution in [0.15, 0.2) is 47.0 Å². The van der Waals surface area contributed by atoms with Crippen molar-refractivity contribution in [3.8, 4) is 0 Å². The van der Waals surface area contributed by atoms with E-state index in [0.29, 0.717) is 0 Å². The Kier molecular flexibility index (Phi) is 5.55. The summed E-state index contributed by atoms with van der Waals surface area (Å²) in [4.78, 5) is 15.9. The molecular weight excluding hydrogens is 371 g/mol. The molecule has 2 aromatic rings. The zero-order valence-electron chi connectivity index (χ0n) is 13.9. The number of hydrogen-bond acceptors (Lipinski definition) is 4. The van der Waals surface area contributed by atoms with Gasteiger partial charge in [0.1, 0.15) is 11.5 Å². The predicted molar refractivity (Wildman–Crippen MR) is 88.7 cm³/mol. The van der Waals surface area contributed by atoms with Gasteiger partial charge in [-0.1, -0.05) is 25.1 Å². The van der Waals surface area contributed by atoms with Gasteiger partial charge < -0.3 is 4.57 Å². The summed E-state index contributed by atoms with van der Waals surface area (Å²) < 4.78 is 65.7. The Morgan fingerprint density at radius 1 is 1.27 bits per heavy atom. The number of nitrogens with one attached hydrogen (secondary N) is 1. The zero-order chi connectivity index (χ0) is 19.5. The summed E-state index contributed by atoms with van der Waals surface area (Å²) in [5, 5.41) is 0. The first-order valence-electron chi connectivity index (χ1n) is 7.50. The van der Waals surface area contributed by atoms with Crippen LogP contribution in [0.3, 0.4) is 0 Å². The Morgan fingerprint density at radius 2 is 1.88 bits per heavy atom. The molecule has 0 bridgehead atoms. The smallest absolute Gasteiger partial charge is 0.310 e. The number of allylic oxidation sites excluding steroid dienone is 1. The number of aryl methyl sites for hydroxylation is 1. The fraction of sp³-hybridized carbons (Fsp3) is 0.250. The van der Waals surface area contributed by atoms with Crippen LogP contribution in [0.1, 0.15) is 29.7 Å². The molecule has 0 unspecified atom stereocenters. The van der Waals surface area contributed by atoms with E-state index in [2.05, 4.69) is 4.98 Å². The standard InChI is InChI=1S/C16H16F3N3O3S/c1-3-12(16(17,18)19)9-22-10-14(20-11(22)2)15(23)21-26(24,25)13-7-5-4-6-8-13/h4-10H,3H2,1-2H3,(H,21,23)/b12-9+. The van der Waals surface area contributed by atoms with Gasteiger partial charge in [0.25, 0.3) is 15.9 Å². The molecule has 0 saturated heterocycles. The van der Waals surface area contributed by atoms with Gasteiger partial charge in [0, 0.05) is 18.0 Å². The van der Waals surface area contributed by atoms with E-state index < -0.39 is 27.7 Å². The molecule has 10 heteroatoms. The fourth-order valence-electron chi connectivity index (χ4n) is 2.09. The number of nitrogens with zero attached hydrogens (tertiary/aromatic N) is 2. The largest absolute Gasteiger partial charge is 0.414 e. The highest BCUT2D eigenvalue weighted by Gasteiger charge is 2.32. The molecular formula is C16H16F3N3O3S. The van der Waals surface area contributed by atoms with Crippen molar-refractivity contribution in [2.45, 2.75) is 31.3 Å². The number of alkyl halides is 3. The third-order valence-electron chi connectivity index (χ3n) is 3.47. The van der Waals surface area contributed by atoms with Crippen LogP contribution >= 0.6 is 0 Å². The summed E-state index contributed by atoms with van der Waals surface area (Å²) in [6, 6.07) is 7.21. The highest BCUT2D eigenvalue weighted by molar-refractivity contribution is 7.90. The average Bonchev–Trinajstić information content (AvgIpc) is 2.93. The number of imidazole rings is 1. The Hall–Kier alpha value is -2.62. The molecule has 6 nitrogen and oxygen atoms in total. The minimum absolute atomic E-state index is 0.113. The first kappa shape index (κ1) is 19.7. The summed E-state index contributed by atoms with van der Waals surface area (Å²) in [6.07, 6.45) is -2.90. The van der Waals surface area contributed by atoms with Gasteiger partial charge in [-0.05, 0) is 25.5 Å². The summed E-state index contributed by atoms with van der Waals surface area (Å²) >= 11 is 0. The minimum atomic E-state index is -4.51. The molecule has 0 saturated carbocycles. The summed E-state index contributed by atoms with van der Waals surface area (Å²) in [6.45, 7) is 2.76. The van der Waals surface area contributed by atoms with Crippen LogP contribution in [0.4, 0.5) is 13.2 Å². The monoisotopic (exact) mass is 387 g/mol. The van der Waals surface area contributed by atoms with Crippen LogP contribution in [-0.4, -0.2) is 30.1 Å². The predicted octanol–water partition coefficient (Wildman–Crippen LogP) is 3.12. The second-order valence-electron chi connectivity index (χ2n) is 5.33. The Bertz CT molecular complexity index is 933. The molecule has 1 N–H and O–H groups in total. The lowest BCUT2D eigenvalue weighted by Crippen LogP contribution is -2.30. The molecule has 0 aliphatic rings. The van der Waals surface area contributed by atoms with Gasteiger partial charge in [0.15, 0.2) is 0 Å². The van der Waals surface area contributed by atoms with E-state index in [1.807, 2.05) is 4.72 Å². The number of benzene rings is 1. The van der Waals surface area contributed by atoms with Crippen molar-refractivity contribution in [2.24, 2.45) is 0 Å². The van der Waals surface area contributed by atoms with Gasteiger partial charge in [-0.15, -0.1) is 0 Å². The second kappa shape index (κ2) is 7.32. The van der Waals surface area contributed by atoms with Gasteiger partial charge in [-0.2, -0.15) is 13.2 Å². The number of halogens is 3. The second-order valence-corrected chi connectivity index (χ2v) is 7.02. The van der Waals surface area contributed by atoms with Crippen LogP contribution < -0.4 is 4.72 Å². The van der Waals surface area contributed by atoms with Crippen LogP contribution in [0.2, 0.25) is 0 Å². The molecule has 1 aromatic heterocycles. The first-order chi connectivity index (χ1) is 12.0. The number of hydrogen-bond donors (Lipinski definition) is 1. The average molecular weight is 387 g/mol. The SMILES string of the molecule is CC/C(=C\n1cc(C(=O)NS(=O)(=O)c2ccccc2)nc1C)C(F)(F)F. The highest BCUT2D eigenvalue weighted by Crippen LogP contribution is 2.28. The molecule has 0 radical (unpaired) electrons. The van der Waals surface area contributed by atoms with Crippen LogP contribution in [0.25, 0.3) is 6.20 Å². The van der Waals surface area contributed by atoms with E-state index in [1.54, 1.807) is 6.07 Å². The van der Waals surface area contributed by atoms with Gasteiger partial charge in [-0.25, -0.2) is 18.1 Å². The van der Waals surface area contributed by atoms with Crippen molar-refractivity contribution in [3.63, 3.8) is 0 Å². The Morgan fingerprint density at radius 3 is 2.42 bits per heavy atom. The molecule has 0 atom stereocenters. The summed E-state index contributed by atoms with van der Waals surface area (Å²) in [7, 11) is -4.11. The maximum Gasteiger partial charge on any atom is 0.414 e. The number of rotatable bonds is 5. The maximum atomic E-state index is 12.9. The molecule has 0 aliphatic heterocycles. The van der Waals surface area contributed by atoms with Crippen LogP contribution in [0, 0.1) is 6.92 Å². The molecule has 0 spiro atoms. The van der Waals surface area contributed by atoms with Gasteiger partial charge in [0.2, 0.25) is 0 Å². The van der Waals surface area contributed by atoms with Gasteiger partial charge in [0.05, 0.1) is 4.90 Å². The Labute approximate surface area is 148 Å². The molecule has 0 aliphatic carbocycles. The number of carbonyl (C=O) groups excluding carboxylic acids is 1. The molecule has 1 heterocycles. The third kappa shape index (κ3) is 4.51. The van der Waals surface area contributed by atoms with E-state index in [0.717, 1.165) is 17.0 Å². The summed E-state index contributed by atoms with van der Waals surface area (Å²) in [5.74, 6) is -0.920. The number of sulfonamides is 1. The quantitative estimate of drug-likeness (QED) is 0.855. The van der Waals surface area contributed by atoms with E-state index >= 15 is 0 Å². The van der Waals surface area contributed by atoms with Crippen molar-refractivity contribution < 1.29 is 26.4 Å². The van der Waals surface area contributed by atoms with Gasteiger partial charge >= 0.3 is 6.18 Å². The molecule has 0 fully saturated rings. The lowest BCUT2D eigenvalue weighted by Gasteiger charge is -2.09. The maximum absolute atomic E-state index is 12.9. The molecule has 1 amide bonds. The topological polar surface area (TPSA) is 81.1 Å². The molecule has 2 rings (SSSR count). The van der Waals surface area contributed by atoms with Crippen molar-refractivity contribution in [1.29, 1.82) is 0 Å².